The van der Waals surface area contributed by atoms with Crippen molar-refractivity contribution in [2.45, 2.75) is 64.1 Å². The van der Waals surface area contributed by atoms with Gasteiger partial charge in [0.15, 0.2) is 0 Å². The van der Waals surface area contributed by atoms with E-state index in [-0.39, 0.29) is 18.0 Å². The van der Waals surface area contributed by atoms with E-state index in [0.29, 0.717) is 37.9 Å². The lowest BCUT2D eigenvalue weighted by Gasteiger charge is -2.25. The number of rotatable bonds is 15. The fraction of sp³-hybridized carbons (Fsp3) is 0.444. The Kier molecular flexibility index (Phi) is 12.3. The van der Waals surface area contributed by atoms with Crippen molar-refractivity contribution in [3.05, 3.63) is 70.3 Å². The normalized spacial score (nSPS) is 14.0. The summed E-state index contributed by atoms with van der Waals surface area (Å²) in [4.78, 5) is 49.7. The molecule has 0 aliphatic heterocycles. The highest BCUT2D eigenvalue weighted by molar-refractivity contribution is 5.98. The molecule has 7 N–H and O–H groups in total. The van der Waals surface area contributed by atoms with Crippen molar-refractivity contribution < 1.29 is 19.3 Å². The van der Waals surface area contributed by atoms with E-state index in [1.807, 2.05) is 44.2 Å². The third kappa shape index (κ3) is 9.56. The molecule has 4 unspecified atom stereocenters. The predicted octanol–water partition coefficient (Wildman–Crippen LogP) is 2.25. The van der Waals surface area contributed by atoms with Gasteiger partial charge in [0, 0.05) is 24.2 Å². The Balaban J connectivity index is 2.21. The molecule has 2 rings (SSSR count). The third-order valence-electron chi connectivity index (χ3n) is 6.40. The van der Waals surface area contributed by atoms with E-state index < -0.39 is 40.8 Å². The highest BCUT2D eigenvalue weighted by Gasteiger charge is 2.29. The van der Waals surface area contributed by atoms with E-state index in [9.17, 15) is 24.5 Å². The monoisotopic (exact) mass is 526 g/mol. The number of amides is 3. The van der Waals surface area contributed by atoms with E-state index in [2.05, 4.69) is 16.0 Å². The van der Waals surface area contributed by atoms with E-state index in [1.165, 1.54) is 24.3 Å². The number of hydrogen-bond acceptors (Lipinski definition) is 7. The third-order valence-corrected chi connectivity index (χ3v) is 6.40. The number of nitro benzene ring substituents is 1. The molecule has 0 spiro atoms. The van der Waals surface area contributed by atoms with Crippen molar-refractivity contribution in [2.75, 3.05) is 11.9 Å². The number of carbonyl (C=O) groups is 3. The smallest absolute Gasteiger partial charge is 0.269 e. The summed E-state index contributed by atoms with van der Waals surface area (Å²) in [5, 5.41) is 19.1. The largest absolute Gasteiger partial charge is 0.343 e. The van der Waals surface area contributed by atoms with Gasteiger partial charge in [0.05, 0.1) is 11.0 Å². The molecule has 0 fully saturated rings. The molecule has 0 radical (unpaired) electrons. The zero-order valence-corrected chi connectivity index (χ0v) is 21.9. The van der Waals surface area contributed by atoms with Crippen molar-refractivity contribution >= 4 is 29.1 Å². The lowest BCUT2D eigenvalue weighted by Crippen LogP contribution is -2.56. The summed E-state index contributed by atoms with van der Waals surface area (Å²) in [7, 11) is 0. The van der Waals surface area contributed by atoms with Crippen LogP contribution < -0.4 is 27.4 Å². The second kappa shape index (κ2) is 15.4. The zero-order chi connectivity index (χ0) is 28.1. The number of benzene rings is 2. The number of carbonyl (C=O) groups excluding carboxylic acids is 3. The standard InChI is InChI=1S/C27H38N6O5/c1-3-18(2)24(29)27(36)32-23(17-19-9-5-4-6-10-19)26(35)31-22(11-7-8-16-28)25(34)30-20-12-14-21(15-13-20)33(37)38/h4-6,9-10,12-15,18,22-24H,3,7-8,11,16-17,28-29H2,1-2H3,(H,30,34)(H,31,35)(H,32,36). The first kappa shape index (κ1) is 30.4. The Labute approximate surface area is 222 Å². The Morgan fingerprint density at radius 2 is 1.55 bits per heavy atom. The van der Waals surface area contributed by atoms with Crippen LogP contribution in [0.2, 0.25) is 0 Å². The van der Waals surface area contributed by atoms with Gasteiger partial charge in [-0.3, -0.25) is 24.5 Å². The van der Waals surface area contributed by atoms with Gasteiger partial charge in [-0.05, 0) is 49.4 Å². The summed E-state index contributed by atoms with van der Waals surface area (Å²) < 4.78 is 0. The lowest BCUT2D eigenvalue weighted by molar-refractivity contribution is -0.384. The number of nitrogens with one attached hydrogen (secondary N) is 3. The van der Waals surface area contributed by atoms with Gasteiger partial charge >= 0.3 is 0 Å². The molecule has 38 heavy (non-hydrogen) atoms. The lowest BCUT2D eigenvalue weighted by atomic mass is 9.98. The fourth-order valence-corrected chi connectivity index (χ4v) is 3.77. The molecule has 3 amide bonds. The van der Waals surface area contributed by atoms with Crippen LogP contribution in [0.5, 0.6) is 0 Å². The number of anilines is 1. The number of hydrogen-bond donors (Lipinski definition) is 5. The van der Waals surface area contributed by atoms with Gasteiger partial charge in [-0.25, -0.2) is 0 Å². The molecule has 0 aliphatic carbocycles. The molecule has 206 valence electrons. The van der Waals surface area contributed by atoms with Gasteiger partial charge in [0.2, 0.25) is 17.7 Å². The van der Waals surface area contributed by atoms with Crippen molar-refractivity contribution in [3.8, 4) is 0 Å². The van der Waals surface area contributed by atoms with Crippen LogP contribution in [0, 0.1) is 16.0 Å². The zero-order valence-electron chi connectivity index (χ0n) is 21.9. The highest BCUT2D eigenvalue weighted by atomic mass is 16.6. The van der Waals surface area contributed by atoms with Crippen molar-refractivity contribution in [2.24, 2.45) is 17.4 Å². The van der Waals surface area contributed by atoms with E-state index >= 15 is 0 Å². The molecular weight excluding hydrogens is 488 g/mol. The van der Waals surface area contributed by atoms with Crippen LogP contribution in [0.4, 0.5) is 11.4 Å². The average Bonchev–Trinajstić information content (AvgIpc) is 2.91. The van der Waals surface area contributed by atoms with Gasteiger partial charge < -0.3 is 27.4 Å². The minimum Gasteiger partial charge on any atom is -0.343 e. The molecule has 0 aliphatic rings. The van der Waals surface area contributed by atoms with Gasteiger partial charge in [-0.15, -0.1) is 0 Å². The molecule has 0 heterocycles. The highest BCUT2D eigenvalue weighted by Crippen LogP contribution is 2.16. The number of unbranched alkanes of at least 4 members (excludes halogenated alkanes) is 1. The summed E-state index contributed by atoms with van der Waals surface area (Å²) >= 11 is 0. The maximum Gasteiger partial charge on any atom is 0.269 e. The van der Waals surface area contributed by atoms with Crippen LogP contribution in [-0.2, 0) is 20.8 Å². The maximum absolute atomic E-state index is 13.4. The molecule has 2 aromatic carbocycles. The first-order valence-electron chi connectivity index (χ1n) is 12.8. The average molecular weight is 527 g/mol. The molecule has 11 nitrogen and oxygen atoms in total. The number of non-ortho nitro benzene ring substituents is 1. The van der Waals surface area contributed by atoms with Crippen LogP contribution in [0.1, 0.15) is 45.1 Å². The summed E-state index contributed by atoms with van der Waals surface area (Å²) in [6.45, 7) is 4.23. The van der Waals surface area contributed by atoms with Crippen LogP contribution in [0.15, 0.2) is 54.6 Å². The van der Waals surface area contributed by atoms with Crippen LogP contribution in [0.25, 0.3) is 0 Å². The Hall–Kier alpha value is -3.83. The van der Waals surface area contributed by atoms with Crippen molar-refractivity contribution in [1.82, 2.24) is 10.6 Å². The molecule has 0 saturated heterocycles. The molecular formula is C27H38N6O5. The minimum atomic E-state index is -0.954. The topological polar surface area (TPSA) is 182 Å². The van der Waals surface area contributed by atoms with Gasteiger partial charge in [0.25, 0.3) is 5.69 Å². The molecule has 0 aromatic heterocycles. The number of nitrogens with zero attached hydrogens (tertiary/aromatic N) is 1. The second-order valence-corrected chi connectivity index (χ2v) is 9.30. The Bertz CT molecular complexity index is 1060. The van der Waals surface area contributed by atoms with E-state index in [4.69, 9.17) is 11.5 Å². The fourth-order valence-electron chi connectivity index (χ4n) is 3.77. The summed E-state index contributed by atoms with van der Waals surface area (Å²) in [5.41, 5.74) is 12.8. The van der Waals surface area contributed by atoms with Gasteiger partial charge in [0.1, 0.15) is 12.1 Å². The van der Waals surface area contributed by atoms with Crippen LogP contribution in [-0.4, -0.2) is 47.3 Å². The quantitative estimate of drug-likeness (QED) is 0.134. The summed E-state index contributed by atoms with van der Waals surface area (Å²) in [6, 6.07) is 12.0. The minimum absolute atomic E-state index is 0.0769. The summed E-state index contributed by atoms with van der Waals surface area (Å²) in [5.74, 6) is -1.52. The Morgan fingerprint density at radius 1 is 0.921 bits per heavy atom. The second-order valence-electron chi connectivity index (χ2n) is 9.30. The van der Waals surface area contributed by atoms with Gasteiger partial charge in [-0.2, -0.15) is 0 Å². The van der Waals surface area contributed by atoms with Crippen LogP contribution >= 0.6 is 0 Å². The molecule has 2 aromatic rings. The molecule has 4 atom stereocenters. The number of nitro groups is 1. The van der Waals surface area contributed by atoms with Crippen molar-refractivity contribution in [3.63, 3.8) is 0 Å². The van der Waals surface area contributed by atoms with E-state index in [1.54, 1.807) is 0 Å². The maximum atomic E-state index is 13.4. The van der Waals surface area contributed by atoms with Crippen LogP contribution in [0.3, 0.4) is 0 Å². The van der Waals surface area contributed by atoms with Gasteiger partial charge in [-0.1, -0.05) is 50.6 Å². The van der Waals surface area contributed by atoms with Crippen molar-refractivity contribution in [1.29, 1.82) is 0 Å². The molecule has 11 heteroatoms. The first-order chi connectivity index (χ1) is 18.2. The van der Waals surface area contributed by atoms with E-state index in [0.717, 1.165) is 5.56 Å². The predicted molar refractivity (Wildman–Crippen MR) is 146 cm³/mol. The number of nitrogens with two attached hydrogens (primary N) is 2. The first-order valence-corrected chi connectivity index (χ1v) is 12.8. The molecule has 0 saturated carbocycles. The molecule has 0 bridgehead atoms. The Morgan fingerprint density at radius 3 is 2.13 bits per heavy atom. The summed E-state index contributed by atoms with van der Waals surface area (Å²) in [6.07, 6.45) is 2.48. The SMILES string of the molecule is CCC(C)C(N)C(=O)NC(Cc1ccccc1)C(=O)NC(CCCCN)C(=O)Nc1ccc([N+](=O)[O-])cc1.